The molecule has 2 aliphatic heterocycles. The molecule has 2 rings (SSSR count). The summed E-state index contributed by atoms with van der Waals surface area (Å²) < 4.78 is 40.4. The van der Waals surface area contributed by atoms with Gasteiger partial charge in [0.2, 0.25) is 5.91 Å². The number of nitrogens with one attached hydrogen (secondary N) is 1. The van der Waals surface area contributed by atoms with Crippen molar-refractivity contribution in [2.75, 3.05) is 32.8 Å². The first-order chi connectivity index (χ1) is 9.97. The zero-order valence-electron chi connectivity index (χ0n) is 12.1. The smallest absolute Gasteiger partial charge is 0.372 e. The van der Waals surface area contributed by atoms with Crippen LogP contribution in [0.15, 0.2) is 0 Å². The molecule has 2 aliphatic rings. The van der Waals surface area contributed by atoms with Crippen molar-refractivity contribution in [2.45, 2.75) is 44.3 Å². The van der Waals surface area contributed by atoms with E-state index in [9.17, 15) is 18.0 Å². The van der Waals surface area contributed by atoms with Crippen LogP contribution in [-0.2, 0) is 9.53 Å². The van der Waals surface area contributed by atoms with Crippen molar-refractivity contribution in [3.8, 4) is 0 Å². The summed E-state index contributed by atoms with van der Waals surface area (Å²) in [6.07, 6.45) is -0.0680. The van der Waals surface area contributed by atoms with Crippen LogP contribution < -0.4 is 5.32 Å². The molecule has 2 unspecified atom stereocenters. The second-order valence-corrected chi connectivity index (χ2v) is 5.82. The molecule has 0 spiro atoms. The first-order valence-electron chi connectivity index (χ1n) is 7.62. The fraction of sp³-hybridized carbons (Fsp3) is 0.929. The molecule has 0 saturated carbocycles. The summed E-state index contributed by atoms with van der Waals surface area (Å²) in [5, 5.41) is 3.35. The van der Waals surface area contributed by atoms with Crippen LogP contribution in [0.3, 0.4) is 0 Å². The molecule has 7 heteroatoms. The molecule has 0 aliphatic carbocycles. The molecular formula is C14H23F3N2O2. The molecule has 1 amide bonds. The van der Waals surface area contributed by atoms with Crippen molar-refractivity contribution in [1.82, 2.24) is 10.2 Å². The summed E-state index contributed by atoms with van der Waals surface area (Å²) in [7, 11) is 0. The highest BCUT2D eigenvalue weighted by Crippen LogP contribution is 2.28. The second kappa shape index (κ2) is 7.45. The number of hydrogen-bond acceptors (Lipinski definition) is 3. The van der Waals surface area contributed by atoms with Crippen molar-refractivity contribution in [2.24, 2.45) is 5.92 Å². The van der Waals surface area contributed by atoms with Crippen LogP contribution in [0, 0.1) is 5.92 Å². The van der Waals surface area contributed by atoms with Gasteiger partial charge in [-0.3, -0.25) is 4.79 Å². The molecular weight excluding hydrogens is 285 g/mol. The van der Waals surface area contributed by atoms with Crippen LogP contribution in [0.5, 0.6) is 0 Å². The van der Waals surface area contributed by atoms with Gasteiger partial charge in [-0.1, -0.05) is 0 Å². The lowest BCUT2D eigenvalue weighted by Gasteiger charge is -2.34. The first kappa shape index (κ1) is 16.5. The third-order valence-electron chi connectivity index (χ3n) is 4.22. The van der Waals surface area contributed by atoms with Crippen LogP contribution in [0.25, 0.3) is 0 Å². The highest BCUT2D eigenvalue weighted by Gasteiger charge is 2.35. The van der Waals surface area contributed by atoms with Gasteiger partial charge in [0, 0.05) is 12.6 Å². The SMILES string of the molecule is O=C(CCOCC(F)(F)F)N1CCCC1C1CCCNC1. The van der Waals surface area contributed by atoms with E-state index < -0.39 is 12.8 Å². The lowest BCUT2D eigenvalue weighted by Crippen LogP contribution is -2.45. The predicted molar refractivity (Wildman–Crippen MR) is 71.8 cm³/mol. The van der Waals surface area contributed by atoms with Crippen molar-refractivity contribution in [3.05, 3.63) is 0 Å². The Morgan fingerprint density at radius 1 is 1.29 bits per heavy atom. The van der Waals surface area contributed by atoms with Crippen molar-refractivity contribution in [1.29, 1.82) is 0 Å². The van der Waals surface area contributed by atoms with Gasteiger partial charge in [0.05, 0.1) is 13.0 Å². The number of nitrogens with zero attached hydrogens (tertiary/aromatic N) is 1. The summed E-state index contributed by atoms with van der Waals surface area (Å²) in [6, 6.07) is 0.243. The standard InChI is InChI=1S/C14H23F3N2O2/c15-14(16,17)10-21-8-5-13(20)19-7-2-4-12(19)11-3-1-6-18-9-11/h11-12,18H,1-10H2. The van der Waals surface area contributed by atoms with Crippen LogP contribution in [0.2, 0.25) is 0 Å². The number of carbonyl (C=O) groups is 1. The van der Waals surface area contributed by atoms with Gasteiger partial charge in [-0.05, 0) is 44.7 Å². The normalized spacial score (nSPS) is 27.1. The van der Waals surface area contributed by atoms with E-state index >= 15 is 0 Å². The predicted octanol–water partition coefficient (Wildman–Crippen LogP) is 1.95. The first-order valence-corrected chi connectivity index (χ1v) is 7.62. The van der Waals surface area contributed by atoms with E-state index in [1.807, 2.05) is 4.90 Å². The number of hydrogen-bond donors (Lipinski definition) is 1. The molecule has 2 heterocycles. The van der Waals surface area contributed by atoms with E-state index in [0.29, 0.717) is 5.92 Å². The Morgan fingerprint density at radius 2 is 2.10 bits per heavy atom. The number of alkyl halides is 3. The monoisotopic (exact) mass is 308 g/mol. The molecule has 2 atom stereocenters. The zero-order chi connectivity index (χ0) is 15.3. The quantitative estimate of drug-likeness (QED) is 0.789. The maximum Gasteiger partial charge on any atom is 0.411 e. The number of amides is 1. The molecule has 21 heavy (non-hydrogen) atoms. The van der Waals surface area contributed by atoms with Gasteiger partial charge in [0.25, 0.3) is 0 Å². The van der Waals surface area contributed by atoms with Crippen LogP contribution in [0.4, 0.5) is 13.2 Å². The lowest BCUT2D eigenvalue weighted by atomic mass is 9.90. The van der Waals surface area contributed by atoms with E-state index in [4.69, 9.17) is 0 Å². The zero-order valence-corrected chi connectivity index (χ0v) is 12.1. The van der Waals surface area contributed by atoms with Gasteiger partial charge < -0.3 is 15.0 Å². The van der Waals surface area contributed by atoms with Gasteiger partial charge >= 0.3 is 6.18 Å². The van der Waals surface area contributed by atoms with Gasteiger partial charge in [-0.2, -0.15) is 13.2 Å². The largest absolute Gasteiger partial charge is 0.411 e. The summed E-state index contributed by atoms with van der Waals surface area (Å²) in [6.45, 7) is 1.24. The van der Waals surface area contributed by atoms with E-state index in [-0.39, 0.29) is 25.0 Å². The molecule has 2 saturated heterocycles. The summed E-state index contributed by atoms with van der Waals surface area (Å²) in [5.74, 6) is 0.395. The maximum absolute atomic E-state index is 12.2. The molecule has 2 fully saturated rings. The fourth-order valence-corrected chi connectivity index (χ4v) is 3.29. The van der Waals surface area contributed by atoms with Crippen LogP contribution >= 0.6 is 0 Å². The minimum absolute atomic E-state index is 0.0345. The number of piperidine rings is 1. The number of halogens is 3. The van der Waals surface area contributed by atoms with Crippen molar-refractivity contribution in [3.63, 3.8) is 0 Å². The Kier molecular flexibility index (Phi) is 5.87. The average Bonchev–Trinajstić information content (AvgIpc) is 2.93. The molecule has 0 aromatic rings. The molecule has 0 aromatic heterocycles. The number of likely N-dealkylation sites (tertiary alicyclic amines) is 1. The highest BCUT2D eigenvalue weighted by molar-refractivity contribution is 5.77. The topological polar surface area (TPSA) is 41.6 Å². The molecule has 1 N–H and O–H groups in total. The second-order valence-electron chi connectivity index (χ2n) is 5.82. The summed E-state index contributed by atoms with van der Waals surface area (Å²) in [5.41, 5.74) is 0. The minimum atomic E-state index is -4.33. The van der Waals surface area contributed by atoms with Gasteiger partial charge in [-0.15, -0.1) is 0 Å². The van der Waals surface area contributed by atoms with Crippen molar-refractivity contribution >= 4 is 5.91 Å². The van der Waals surface area contributed by atoms with Gasteiger partial charge in [0.1, 0.15) is 6.61 Å². The highest BCUT2D eigenvalue weighted by atomic mass is 19.4. The summed E-state index contributed by atoms with van der Waals surface area (Å²) in [4.78, 5) is 14.0. The van der Waals surface area contributed by atoms with Crippen molar-refractivity contribution < 1.29 is 22.7 Å². The Labute approximate surface area is 123 Å². The van der Waals surface area contributed by atoms with E-state index in [1.165, 1.54) is 0 Å². The van der Waals surface area contributed by atoms with E-state index in [0.717, 1.165) is 45.3 Å². The maximum atomic E-state index is 12.2. The fourth-order valence-electron chi connectivity index (χ4n) is 3.29. The van der Waals surface area contributed by atoms with E-state index in [1.54, 1.807) is 0 Å². The molecule has 0 radical (unpaired) electrons. The number of carbonyl (C=O) groups excluding carboxylic acids is 1. The molecule has 0 aromatic carbocycles. The minimum Gasteiger partial charge on any atom is -0.372 e. The Bertz CT molecular complexity index is 344. The summed E-state index contributed by atoms with van der Waals surface area (Å²) >= 11 is 0. The number of rotatable bonds is 5. The molecule has 0 bridgehead atoms. The average molecular weight is 308 g/mol. The molecule has 122 valence electrons. The lowest BCUT2D eigenvalue weighted by molar-refractivity contribution is -0.175. The van der Waals surface area contributed by atoms with Gasteiger partial charge in [-0.25, -0.2) is 0 Å². The Hall–Kier alpha value is -0.820. The third-order valence-corrected chi connectivity index (χ3v) is 4.22. The van der Waals surface area contributed by atoms with Crippen LogP contribution in [-0.4, -0.2) is 55.9 Å². The number of ether oxygens (including phenoxy) is 1. The van der Waals surface area contributed by atoms with E-state index in [2.05, 4.69) is 10.1 Å². The van der Waals surface area contributed by atoms with Gasteiger partial charge in [0.15, 0.2) is 0 Å². The third kappa shape index (κ3) is 5.14. The Balaban J connectivity index is 1.75. The van der Waals surface area contributed by atoms with Crippen LogP contribution in [0.1, 0.15) is 32.1 Å². The molecule has 4 nitrogen and oxygen atoms in total. The Morgan fingerprint density at radius 3 is 2.76 bits per heavy atom.